The van der Waals surface area contributed by atoms with E-state index in [1.54, 1.807) is 0 Å². The molecule has 7 nitrogen and oxygen atoms in total. The molecule has 2 aromatic carbocycles. The van der Waals surface area contributed by atoms with Crippen molar-refractivity contribution in [3.05, 3.63) is 70.0 Å². The molecule has 0 fully saturated rings. The van der Waals surface area contributed by atoms with Gasteiger partial charge in [-0.2, -0.15) is 9.61 Å². The third kappa shape index (κ3) is 3.52. The van der Waals surface area contributed by atoms with Gasteiger partial charge in [-0.1, -0.05) is 53.8 Å². The van der Waals surface area contributed by atoms with Gasteiger partial charge in [0.1, 0.15) is 6.61 Å². The molecule has 2 aromatic heterocycles. The monoisotopic (exact) mass is 380 g/mol. The van der Waals surface area contributed by atoms with Crippen LogP contribution < -0.4 is 15.0 Å². The molecule has 8 heteroatoms. The van der Waals surface area contributed by atoms with Crippen molar-refractivity contribution in [1.29, 1.82) is 0 Å². The molecule has 27 heavy (non-hydrogen) atoms. The van der Waals surface area contributed by atoms with Crippen LogP contribution in [0.4, 0.5) is 0 Å². The molecular weight excluding hydrogens is 364 g/mol. The summed E-state index contributed by atoms with van der Waals surface area (Å²) in [5, 5.41) is 13.2. The molecule has 0 aliphatic carbocycles. The van der Waals surface area contributed by atoms with Crippen LogP contribution in [-0.2, 0) is 6.61 Å². The maximum absolute atomic E-state index is 12.7. The van der Waals surface area contributed by atoms with Crippen LogP contribution in [0.3, 0.4) is 0 Å². The summed E-state index contributed by atoms with van der Waals surface area (Å²) in [4.78, 5) is 13.1. The standard InChI is InChI=1S/C19H16N4O3S/c1-2-25-14-10-6-7-11-15(14)26-12-16-22-23-18(24)17(20-21-19(23)27-16)13-8-4-3-5-9-13/h3-11H,2,12H2,1H3. The number of nitrogens with zero attached hydrogens (tertiary/aromatic N) is 4. The fourth-order valence-corrected chi connectivity index (χ4v) is 3.32. The van der Waals surface area contributed by atoms with E-state index in [4.69, 9.17) is 9.47 Å². The van der Waals surface area contributed by atoms with E-state index in [1.165, 1.54) is 15.9 Å². The summed E-state index contributed by atoms with van der Waals surface area (Å²) in [7, 11) is 0. The molecule has 0 unspecified atom stereocenters. The third-order valence-electron chi connectivity index (χ3n) is 3.78. The van der Waals surface area contributed by atoms with Crippen LogP contribution in [0, 0.1) is 0 Å². The van der Waals surface area contributed by atoms with E-state index in [-0.39, 0.29) is 17.9 Å². The van der Waals surface area contributed by atoms with Crippen molar-refractivity contribution in [2.24, 2.45) is 0 Å². The van der Waals surface area contributed by atoms with Crippen molar-refractivity contribution < 1.29 is 9.47 Å². The highest BCUT2D eigenvalue weighted by molar-refractivity contribution is 7.16. The molecular formula is C19H16N4O3S. The number of rotatable bonds is 6. The Hall–Kier alpha value is -3.26. The number of hydrogen-bond donors (Lipinski definition) is 0. The lowest BCUT2D eigenvalue weighted by atomic mass is 10.2. The summed E-state index contributed by atoms with van der Waals surface area (Å²) in [5.41, 5.74) is 0.678. The lowest BCUT2D eigenvalue weighted by Crippen LogP contribution is -2.19. The Morgan fingerprint density at radius 2 is 1.67 bits per heavy atom. The lowest BCUT2D eigenvalue weighted by Gasteiger charge is -2.10. The van der Waals surface area contributed by atoms with Gasteiger partial charge in [0, 0.05) is 5.56 Å². The van der Waals surface area contributed by atoms with E-state index < -0.39 is 0 Å². The molecule has 0 spiro atoms. The Labute approximate surface area is 158 Å². The second-order valence-electron chi connectivity index (χ2n) is 5.58. The first-order valence-corrected chi connectivity index (χ1v) is 9.23. The van der Waals surface area contributed by atoms with Crippen LogP contribution >= 0.6 is 11.3 Å². The van der Waals surface area contributed by atoms with E-state index in [9.17, 15) is 4.79 Å². The Kier molecular flexibility index (Phi) is 4.80. The predicted octanol–water partition coefficient (Wildman–Crippen LogP) is 3.19. The Morgan fingerprint density at radius 1 is 0.963 bits per heavy atom. The molecule has 0 amide bonds. The van der Waals surface area contributed by atoms with Crippen molar-refractivity contribution in [2.75, 3.05) is 6.61 Å². The van der Waals surface area contributed by atoms with Crippen molar-refractivity contribution in [3.63, 3.8) is 0 Å². The molecule has 0 radical (unpaired) electrons. The van der Waals surface area contributed by atoms with Crippen LogP contribution in [0.25, 0.3) is 16.2 Å². The van der Waals surface area contributed by atoms with Gasteiger partial charge in [-0.05, 0) is 19.1 Å². The minimum absolute atomic E-state index is 0.207. The number of ether oxygens (including phenoxy) is 2. The van der Waals surface area contributed by atoms with Crippen LogP contribution in [0.15, 0.2) is 59.4 Å². The number of benzene rings is 2. The zero-order valence-corrected chi connectivity index (χ0v) is 15.3. The quantitative estimate of drug-likeness (QED) is 0.511. The maximum atomic E-state index is 12.7. The van der Waals surface area contributed by atoms with Gasteiger partial charge in [0.15, 0.2) is 22.2 Å². The first-order chi connectivity index (χ1) is 13.3. The highest BCUT2D eigenvalue weighted by Crippen LogP contribution is 2.27. The van der Waals surface area contributed by atoms with Gasteiger partial charge in [0.05, 0.1) is 6.61 Å². The van der Waals surface area contributed by atoms with Gasteiger partial charge < -0.3 is 9.47 Å². The van der Waals surface area contributed by atoms with Gasteiger partial charge in [0.25, 0.3) is 0 Å². The Bertz CT molecular complexity index is 1120. The van der Waals surface area contributed by atoms with Gasteiger partial charge in [0.2, 0.25) is 4.96 Å². The molecule has 136 valence electrons. The largest absolute Gasteiger partial charge is 0.490 e. The number of hydrogen-bond acceptors (Lipinski definition) is 7. The van der Waals surface area contributed by atoms with Gasteiger partial charge >= 0.3 is 5.56 Å². The lowest BCUT2D eigenvalue weighted by molar-refractivity contribution is 0.268. The van der Waals surface area contributed by atoms with Crippen LogP contribution in [0.2, 0.25) is 0 Å². The van der Waals surface area contributed by atoms with Crippen molar-refractivity contribution in [2.45, 2.75) is 13.5 Å². The Morgan fingerprint density at radius 3 is 2.41 bits per heavy atom. The molecule has 0 aliphatic heterocycles. The number of fused-ring (bicyclic) bond motifs is 1. The molecule has 0 aliphatic rings. The summed E-state index contributed by atoms with van der Waals surface area (Å²) in [6.45, 7) is 2.67. The highest BCUT2D eigenvalue weighted by atomic mass is 32.1. The zero-order chi connectivity index (χ0) is 18.6. The fourth-order valence-electron chi connectivity index (χ4n) is 2.57. The SMILES string of the molecule is CCOc1ccccc1OCc1nn2c(=O)c(-c3ccccc3)nnc2s1. The molecule has 0 saturated heterocycles. The fraction of sp³-hybridized carbons (Fsp3) is 0.158. The first kappa shape index (κ1) is 17.2. The molecule has 4 rings (SSSR count). The molecule has 2 heterocycles. The topological polar surface area (TPSA) is 78.6 Å². The normalized spacial score (nSPS) is 10.9. The predicted molar refractivity (Wildman–Crippen MR) is 102 cm³/mol. The van der Waals surface area contributed by atoms with Gasteiger partial charge in [-0.25, -0.2) is 0 Å². The van der Waals surface area contributed by atoms with E-state index >= 15 is 0 Å². The molecule has 0 saturated carbocycles. The summed E-state index contributed by atoms with van der Waals surface area (Å²) >= 11 is 1.27. The van der Waals surface area contributed by atoms with Gasteiger partial charge in [-0.15, -0.1) is 10.2 Å². The minimum atomic E-state index is -0.302. The highest BCUT2D eigenvalue weighted by Gasteiger charge is 2.14. The average Bonchev–Trinajstić information content (AvgIpc) is 3.13. The van der Waals surface area contributed by atoms with Crippen molar-refractivity contribution >= 4 is 16.3 Å². The van der Waals surface area contributed by atoms with Crippen molar-refractivity contribution in [1.82, 2.24) is 19.8 Å². The molecule has 0 N–H and O–H groups in total. The third-order valence-corrected chi connectivity index (χ3v) is 4.65. The minimum Gasteiger partial charge on any atom is -0.490 e. The molecule has 4 aromatic rings. The van der Waals surface area contributed by atoms with Crippen LogP contribution in [-0.4, -0.2) is 26.4 Å². The number of para-hydroxylation sites is 2. The van der Waals surface area contributed by atoms with E-state index in [0.29, 0.717) is 33.6 Å². The van der Waals surface area contributed by atoms with E-state index in [0.717, 1.165) is 0 Å². The summed E-state index contributed by atoms with van der Waals surface area (Å²) in [5.74, 6) is 1.30. The van der Waals surface area contributed by atoms with Crippen LogP contribution in [0.1, 0.15) is 11.9 Å². The zero-order valence-electron chi connectivity index (χ0n) is 14.5. The summed E-state index contributed by atoms with van der Waals surface area (Å²) in [6.07, 6.45) is 0. The number of aromatic nitrogens is 4. The smallest absolute Gasteiger partial charge is 0.302 e. The van der Waals surface area contributed by atoms with Crippen LogP contribution in [0.5, 0.6) is 11.5 Å². The Balaban J connectivity index is 1.61. The summed E-state index contributed by atoms with van der Waals surface area (Å²) < 4.78 is 12.6. The summed E-state index contributed by atoms with van der Waals surface area (Å²) in [6, 6.07) is 16.7. The second-order valence-corrected chi connectivity index (χ2v) is 6.62. The van der Waals surface area contributed by atoms with Crippen molar-refractivity contribution in [3.8, 4) is 22.8 Å². The molecule has 0 atom stereocenters. The first-order valence-electron chi connectivity index (χ1n) is 8.41. The van der Waals surface area contributed by atoms with Gasteiger partial charge in [-0.3, -0.25) is 4.79 Å². The average molecular weight is 380 g/mol. The van der Waals surface area contributed by atoms with E-state index in [1.807, 2.05) is 61.5 Å². The van der Waals surface area contributed by atoms with E-state index in [2.05, 4.69) is 15.3 Å². The second kappa shape index (κ2) is 7.55. The maximum Gasteiger partial charge on any atom is 0.302 e. The molecule has 0 bridgehead atoms.